The molecule has 0 aromatic heterocycles. The summed E-state index contributed by atoms with van der Waals surface area (Å²) in [6.07, 6.45) is -3.99. The zero-order valence-corrected chi connectivity index (χ0v) is 21.1. The van der Waals surface area contributed by atoms with E-state index < -0.39 is 11.6 Å². The maximum atomic E-state index is 15.3. The number of nitrogens with zero attached hydrogens (tertiary/aromatic N) is 1. The molecular formula is C31H29ClF3NO. The van der Waals surface area contributed by atoms with Crippen LogP contribution in [0.3, 0.4) is 0 Å². The zero-order valence-electron chi connectivity index (χ0n) is 20.4. The molecule has 0 fully saturated rings. The van der Waals surface area contributed by atoms with Crippen molar-refractivity contribution in [1.29, 1.82) is 0 Å². The molecule has 2 nitrogen and oxygen atoms in total. The van der Waals surface area contributed by atoms with Crippen LogP contribution in [0.25, 0.3) is 0 Å². The predicted molar refractivity (Wildman–Crippen MR) is 143 cm³/mol. The van der Waals surface area contributed by atoms with Crippen LogP contribution < -0.4 is 4.74 Å². The Morgan fingerprint density at radius 2 is 1.19 bits per heavy atom. The van der Waals surface area contributed by atoms with Crippen molar-refractivity contribution in [2.45, 2.75) is 24.6 Å². The lowest BCUT2D eigenvalue weighted by molar-refractivity contribution is -0.183. The summed E-state index contributed by atoms with van der Waals surface area (Å²) in [6.45, 7) is 0.803. The molecule has 0 radical (unpaired) electrons. The van der Waals surface area contributed by atoms with Gasteiger partial charge < -0.3 is 4.74 Å². The van der Waals surface area contributed by atoms with Gasteiger partial charge in [0.2, 0.25) is 0 Å². The van der Waals surface area contributed by atoms with E-state index in [0.29, 0.717) is 24.6 Å². The number of alkyl halides is 3. The number of para-hydroxylation sites is 1. The second-order valence-corrected chi connectivity index (χ2v) is 9.36. The third-order valence-corrected chi connectivity index (χ3v) is 6.83. The summed E-state index contributed by atoms with van der Waals surface area (Å²) < 4.78 is 51.6. The zero-order chi connectivity index (χ0) is 26.1. The Hall–Kier alpha value is -3.28. The molecule has 0 aliphatic rings. The van der Waals surface area contributed by atoms with Crippen LogP contribution >= 0.6 is 11.6 Å². The summed E-state index contributed by atoms with van der Waals surface area (Å²) in [5.74, 6) is 0.735. The molecule has 0 aliphatic carbocycles. The molecule has 0 saturated carbocycles. The Kier molecular flexibility index (Phi) is 8.91. The monoisotopic (exact) mass is 523 g/mol. The molecule has 4 aromatic carbocycles. The van der Waals surface area contributed by atoms with E-state index in [2.05, 4.69) is 0 Å². The van der Waals surface area contributed by atoms with Gasteiger partial charge in [-0.1, -0.05) is 109 Å². The molecule has 4 rings (SSSR count). The molecule has 0 N–H and O–H groups in total. The molecule has 0 heterocycles. The Balaban J connectivity index is 1.68. The quantitative estimate of drug-likeness (QED) is 0.184. The van der Waals surface area contributed by atoms with Gasteiger partial charge in [-0.3, -0.25) is 4.90 Å². The molecule has 0 spiro atoms. The van der Waals surface area contributed by atoms with E-state index in [0.717, 1.165) is 11.3 Å². The summed E-state index contributed by atoms with van der Waals surface area (Å²) in [5, 5.41) is 0.532. The van der Waals surface area contributed by atoms with Gasteiger partial charge in [0.25, 0.3) is 0 Å². The molecule has 4 aromatic rings. The maximum Gasteiger partial charge on any atom is 0.403 e. The standard InChI is InChI=1S/C31H29ClF3NO/c32-29-20-11-10-13-25(29)23-36(21-12-22-37-28-18-8-3-9-19-28)24-30(31(33,34)35,26-14-4-1-5-15-26)27-16-6-2-7-17-27/h1-11,13-20H,12,21-24H2. The van der Waals surface area contributed by atoms with Gasteiger partial charge in [0.1, 0.15) is 11.2 Å². The number of halogens is 4. The minimum Gasteiger partial charge on any atom is -0.494 e. The first-order valence-corrected chi connectivity index (χ1v) is 12.6. The second kappa shape index (κ2) is 12.3. The number of rotatable bonds is 11. The molecule has 0 saturated heterocycles. The molecule has 0 atom stereocenters. The number of benzene rings is 4. The first-order chi connectivity index (χ1) is 17.9. The number of hydrogen-bond donors (Lipinski definition) is 0. The molecular weight excluding hydrogens is 495 g/mol. The van der Waals surface area contributed by atoms with Gasteiger partial charge in [0.05, 0.1) is 6.61 Å². The van der Waals surface area contributed by atoms with Crippen molar-refractivity contribution in [3.63, 3.8) is 0 Å². The average Bonchev–Trinajstić information content (AvgIpc) is 2.91. The molecule has 0 unspecified atom stereocenters. The Morgan fingerprint density at radius 3 is 1.73 bits per heavy atom. The van der Waals surface area contributed by atoms with E-state index in [-0.39, 0.29) is 24.2 Å². The van der Waals surface area contributed by atoms with Gasteiger partial charge in [-0.15, -0.1) is 0 Å². The van der Waals surface area contributed by atoms with Crippen LogP contribution in [0.4, 0.5) is 13.2 Å². The summed E-state index contributed by atoms with van der Waals surface area (Å²) in [4.78, 5) is 1.84. The van der Waals surface area contributed by atoms with E-state index in [9.17, 15) is 0 Å². The lowest BCUT2D eigenvalue weighted by atomic mass is 9.73. The van der Waals surface area contributed by atoms with Crippen molar-refractivity contribution in [2.75, 3.05) is 19.7 Å². The summed E-state index contributed by atoms with van der Waals surface area (Å²) in [6, 6.07) is 33.0. The third kappa shape index (κ3) is 6.54. The molecule has 6 heteroatoms. The lowest BCUT2D eigenvalue weighted by Gasteiger charge is -2.41. The van der Waals surface area contributed by atoms with Crippen LogP contribution in [0, 0.1) is 0 Å². The minimum atomic E-state index is -4.55. The van der Waals surface area contributed by atoms with Crippen LogP contribution in [0.15, 0.2) is 115 Å². The normalized spacial score (nSPS) is 12.0. The lowest BCUT2D eigenvalue weighted by Crippen LogP contribution is -2.52. The van der Waals surface area contributed by atoms with E-state index in [4.69, 9.17) is 16.3 Å². The largest absolute Gasteiger partial charge is 0.494 e. The highest BCUT2D eigenvalue weighted by atomic mass is 35.5. The van der Waals surface area contributed by atoms with Crippen LogP contribution in [-0.2, 0) is 12.0 Å². The number of ether oxygens (including phenoxy) is 1. The van der Waals surface area contributed by atoms with Gasteiger partial charge in [-0.05, 0) is 41.3 Å². The molecule has 0 bridgehead atoms. The predicted octanol–water partition coefficient (Wildman–Crippen LogP) is 8.16. The Labute approximate surface area is 221 Å². The van der Waals surface area contributed by atoms with Gasteiger partial charge >= 0.3 is 6.18 Å². The van der Waals surface area contributed by atoms with Crippen LogP contribution in [0.5, 0.6) is 5.75 Å². The van der Waals surface area contributed by atoms with Crippen molar-refractivity contribution in [3.05, 3.63) is 137 Å². The van der Waals surface area contributed by atoms with Crippen LogP contribution in [-0.4, -0.2) is 30.8 Å². The smallest absolute Gasteiger partial charge is 0.403 e. The van der Waals surface area contributed by atoms with E-state index in [1.165, 1.54) is 0 Å². The van der Waals surface area contributed by atoms with E-state index in [1.807, 2.05) is 53.4 Å². The number of hydrogen-bond acceptors (Lipinski definition) is 2. The third-order valence-electron chi connectivity index (χ3n) is 6.46. The van der Waals surface area contributed by atoms with Crippen LogP contribution in [0.2, 0.25) is 5.02 Å². The average molecular weight is 524 g/mol. The summed E-state index contributed by atoms with van der Waals surface area (Å²) in [5.41, 5.74) is -1.03. The van der Waals surface area contributed by atoms with Gasteiger partial charge in [0.15, 0.2) is 0 Å². The van der Waals surface area contributed by atoms with Gasteiger partial charge in [0, 0.05) is 24.7 Å². The molecule has 192 valence electrons. The fourth-order valence-corrected chi connectivity index (χ4v) is 4.82. The highest BCUT2D eigenvalue weighted by molar-refractivity contribution is 6.31. The summed E-state index contributed by atoms with van der Waals surface area (Å²) >= 11 is 6.43. The van der Waals surface area contributed by atoms with E-state index in [1.54, 1.807) is 66.7 Å². The highest BCUT2D eigenvalue weighted by Gasteiger charge is 2.57. The fourth-order valence-electron chi connectivity index (χ4n) is 4.62. The SMILES string of the molecule is FC(F)(F)C(CN(CCCOc1ccccc1)Cc1ccccc1Cl)(c1ccccc1)c1ccccc1. The Morgan fingerprint density at radius 1 is 0.676 bits per heavy atom. The van der Waals surface area contributed by atoms with Gasteiger partial charge in [-0.2, -0.15) is 13.2 Å². The first kappa shape index (κ1) is 26.8. The molecule has 37 heavy (non-hydrogen) atoms. The summed E-state index contributed by atoms with van der Waals surface area (Å²) in [7, 11) is 0. The second-order valence-electron chi connectivity index (χ2n) is 8.95. The Bertz CT molecular complexity index is 1190. The van der Waals surface area contributed by atoms with Gasteiger partial charge in [-0.25, -0.2) is 0 Å². The van der Waals surface area contributed by atoms with Crippen molar-refractivity contribution in [1.82, 2.24) is 4.90 Å². The van der Waals surface area contributed by atoms with Crippen molar-refractivity contribution >= 4 is 11.6 Å². The molecule has 0 aliphatic heterocycles. The minimum absolute atomic E-state index is 0.207. The van der Waals surface area contributed by atoms with Crippen molar-refractivity contribution in [2.24, 2.45) is 0 Å². The molecule has 0 amide bonds. The van der Waals surface area contributed by atoms with Crippen molar-refractivity contribution < 1.29 is 17.9 Å². The van der Waals surface area contributed by atoms with Crippen LogP contribution in [0.1, 0.15) is 23.1 Å². The first-order valence-electron chi connectivity index (χ1n) is 12.2. The maximum absolute atomic E-state index is 15.3. The van der Waals surface area contributed by atoms with Crippen molar-refractivity contribution in [3.8, 4) is 5.75 Å². The fraction of sp³-hybridized carbons (Fsp3) is 0.226. The van der Waals surface area contributed by atoms with E-state index >= 15 is 13.2 Å². The highest BCUT2D eigenvalue weighted by Crippen LogP contribution is 2.47. The topological polar surface area (TPSA) is 12.5 Å².